The topological polar surface area (TPSA) is 44.1 Å². The molecule has 0 spiro atoms. The lowest BCUT2D eigenvalue weighted by Crippen LogP contribution is -2.08. The Morgan fingerprint density at radius 2 is 2.50 bits per heavy atom. The molecular weight excluding hydrogens is 224 g/mol. The van der Waals surface area contributed by atoms with Crippen molar-refractivity contribution in [3.63, 3.8) is 0 Å². The molecule has 2 aromatic rings. The fraction of sp³-hybridized carbons (Fsp3) is 0.273. The van der Waals surface area contributed by atoms with Gasteiger partial charge in [-0.3, -0.25) is 9.48 Å². The largest absolute Gasteiger partial charge is 0.383 e. The second kappa shape index (κ2) is 5.05. The van der Waals surface area contributed by atoms with Gasteiger partial charge in [-0.15, -0.1) is 11.3 Å². The predicted octanol–water partition coefficient (Wildman–Crippen LogP) is 2.07. The Bertz CT molecular complexity index is 462. The zero-order valence-electron chi connectivity index (χ0n) is 8.92. The van der Waals surface area contributed by atoms with Gasteiger partial charge >= 0.3 is 0 Å². The molecule has 2 aromatic heterocycles. The first kappa shape index (κ1) is 11.0. The van der Waals surface area contributed by atoms with Crippen LogP contribution in [0.25, 0.3) is 10.6 Å². The molecule has 2 rings (SSSR count). The van der Waals surface area contributed by atoms with Gasteiger partial charge in [0.2, 0.25) is 0 Å². The van der Waals surface area contributed by atoms with E-state index in [9.17, 15) is 4.79 Å². The van der Waals surface area contributed by atoms with Gasteiger partial charge in [0.25, 0.3) is 0 Å². The van der Waals surface area contributed by atoms with Gasteiger partial charge < -0.3 is 4.74 Å². The summed E-state index contributed by atoms with van der Waals surface area (Å²) in [5.41, 5.74) is 1.42. The Hall–Kier alpha value is -1.46. The highest BCUT2D eigenvalue weighted by Gasteiger charge is 2.09. The summed E-state index contributed by atoms with van der Waals surface area (Å²) in [6, 6.07) is 5.76. The summed E-state index contributed by atoms with van der Waals surface area (Å²) in [4.78, 5) is 11.9. The average Bonchev–Trinajstić information content (AvgIpc) is 2.94. The van der Waals surface area contributed by atoms with Crippen LogP contribution in [0.3, 0.4) is 0 Å². The van der Waals surface area contributed by atoms with Crippen LogP contribution in [0.2, 0.25) is 0 Å². The quantitative estimate of drug-likeness (QED) is 0.746. The van der Waals surface area contributed by atoms with Gasteiger partial charge in [-0.25, -0.2) is 0 Å². The fourth-order valence-electron chi connectivity index (χ4n) is 1.43. The van der Waals surface area contributed by atoms with Crippen molar-refractivity contribution in [1.82, 2.24) is 9.78 Å². The molecule has 0 atom stereocenters. The number of thiophene rings is 1. The van der Waals surface area contributed by atoms with Gasteiger partial charge in [0, 0.05) is 7.11 Å². The molecule has 0 aromatic carbocycles. The molecular formula is C11H12N2O2S. The molecule has 0 radical (unpaired) electrons. The minimum absolute atomic E-state index is 0.548. The second-order valence-electron chi connectivity index (χ2n) is 3.27. The summed E-state index contributed by atoms with van der Waals surface area (Å²) in [7, 11) is 1.63. The van der Waals surface area contributed by atoms with Crippen molar-refractivity contribution in [1.29, 1.82) is 0 Å². The molecule has 16 heavy (non-hydrogen) atoms. The molecule has 2 heterocycles. The summed E-state index contributed by atoms with van der Waals surface area (Å²) in [6.45, 7) is 1.14. The number of methoxy groups -OCH3 is 1. The summed E-state index contributed by atoms with van der Waals surface area (Å²) in [6.07, 6.45) is 0.819. The average molecular weight is 236 g/mol. The van der Waals surface area contributed by atoms with Gasteiger partial charge in [-0.05, 0) is 17.5 Å². The Kier molecular flexibility index (Phi) is 3.48. The standard InChI is InChI=1S/C11H12N2O2S/c1-15-5-4-13-9(8-14)7-10(12-13)11-3-2-6-16-11/h2-3,6-8H,4-5H2,1H3. The minimum Gasteiger partial charge on any atom is -0.383 e. The molecule has 0 amide bonds. The Balaban J connectivity index is 2.28. The lowest BCUT2D eigenvalue weighted by Gasteiger charge is -2.01. The molecule has 0 saturated heterocycles. The maximum absolute atomic E-state index is 10.9. The van der Waals surface area contributed by atoms with Gasteiger partial charge in [0.1, 0.15) is 11.4 Å². The van der Waals surface area contributed by atoms with Crippen molar-refractivity contribution in [2.75, 3.05) is 13.7 Å². The van der Waals surface area contributed by atoms with Crippen molar-refractivity contribution in [3.05, 3.63) is 29.3 Å². The van der Waals surface area contributed by atoms with E-state index in [1.165, 1.54) is 0 Å². The number of ether oxygens (including phenoxy) is 1. The lowest BCUT2D eigenvalue weighted by molar-refractivity contribution is 0.111. The van der Waals surface area contributed by atoms with E-state index in [0.29, 0.717) is 18.8 Å². The van der Waals surface area contributed by atoms with Crippen LogP contribution in [0.4, 0.5) is 0 Å². The molecule has 0 unspecified atom stereocenters. The zero-order valence-corrected chi connectivity index (χ0v) is 9.74. The molecule has 84 valence electrons. The second-order valence-corrected chi connectivity index (χ2v) is 4.21. The molecule has 0 aliphatic rings. The number of nitrogens with zero attached hydrogens (tertiary/aromatic N) is 2. The van der Waals surface area contributed by atoms with E-state index in [-0.39, 0.29) is 0 Å². The minimum atomic E-state index is 0.548. The van der Waals surface area contributed by atoms with Gasteiger partial charge in [0.15, 0.2) is 6.29 Å². The number of rotatable bonds is 5. The first-order valence-electron chi connectivity index (χ1n) is 4.91. The van der Waals surface area contributed by atoms with Gasteiger partial charge in [-0.2, -0.15) is 5.10 Å². The van der Waals surface area contributed by atoms with Gasteiger partial charge in [-0.1, -0.05) is 6.07 Å². The van der Waals surface area contributed by atoms with Gasteiger partial charge in [0.05, 0.1) is 18.0 Å². The number of hydrogen-bond acceptors (Lipinski definition) is 4. The molecule has 0 fully saturated rings. The van der Waals surface area contributed by atoms with Crippen molar-refractivity contribution >= 4 is 17.6 Å². The van der Waals surface area contributed by atoms with E-state index < -0.39 is 0 Å². The SMILES string of the molecule is COCCn1nc(-c2cccs2)cc1C=O. The van der Waals surface area contributed by atoms with Crippen LogP contribution in [-0.4, -0.2) is 29.8 Å². The Labute approximate surface area is 97.5 Å². The lowest BCUT2D eigenvalue weighted by atomic mass is 10.3. The summed E-state index contributed by atoms with van der Waals surface area (Å²) in [5.74, 6) is 0. The zero-order chi connectivity index (χ0) is 11.4. The number of carbonyl (C=O) groups excluding carboxylic acids is 1. The molecule has 0 bridgehead atoms. The van der Waals surface area contributed by atoms with Crippen molar-refractivity contribution in [2.45, 2.75) is 6.54 Å². The molecule has 0 aliphatic carbocycles. The molecule has 0 N–H and O–H groups in total. The van der Waals surface area contributed by atoms with Crippen LogP contribution in [0.15, 0.2) is 23.6 Å². The summed E-state index contributed by atoms with van der Waals surface area (Å²) in [5, 5.41) is 6.37. The Morgan fingerprint density at radius 1 is 1.62 bits per heavy atom. The third-order valence-corrected chi connectivity index (χ3v) is 3.11. The predicted molar refractivity (Wildman–Crippen MR) is 62.8 cm³/mol. The molecule has 0 saturated carbocycles. The maximum Gasteiger partial charge on any atom is 0.168 e. The number of carbonyl (C=O) groups is 1. The van der Waals surface area contributed by atoms with E-state index in [0.717, 1.165) is 16.9 Å². The normalized spacial score (nSPS) is 10.6. The monoisotopic (exact) mass is 236 g/mol. The molecule has 4 nitrogen and oxygen atoms in total. The molecule has 5 heteroatoms. The smallest absolute Gasteiger partial charge is 0.168 e. The van der Waals surface area contributed by atoms with Crippen LogP contribution in [0.1, 0.15) is 10.5 Å². The van der Waals surface area contributed by atoms with Crippen LogP contribution in [0.5, 0.6) is 0 Å². The summed E-state index contributed by atoms with van der Waals surface area (Å²) < 4.78 is 6.64. The first-order valence-corrected chi connectivity index (χ1v) is 5.79. The highest BCUT2D eigenvalue weighted by atomic mass is 32.1. The van der Waals surface area contributed by atoms with Crippen LogP contribution >= 0.6 is 11.3 Å². The van der Waals surface area contributed by atoms with Crippen LogP contribution < -0.4 is 0 Å². The van der Waals surface area contributed by atoms with Crippen molar-refractivity contribution in [3.8, 4) is 10.6 Å². The first-order chi connectivity index (χ1) is 7.85. The van der Waals surface area contributed by atoms with E-state index >= 15 is 0 Å². The maximum atomic E-state index is 10.9. The summed E-state index contributed by atoms with van der Waals surface area (Å²) >= 11 is 1.61. The highest BCUT2D eigenvalue weighted by molar-refractivity contribution is 7.13. The van der Waals surface area contributed by atoms with Crippen molar-refractivity contribution in [2.24, 2.45) is 0 Å². The van der Waals surface area contributed by atoms with Crippen LogP contribution in [0, 0.1) is 0 Å². The number of hydrogen-bond donors (Lipinski definition) is 0. The fourth-order valence-corrected chi connectivity index (χ4v) is 2.11. The third-order valence-electron chi connectivity index (χ3n) is 2.21. The molecule has 0 aliphatic heterocycles. The van der Waals surface area contributed by atoms with E-state index in [1.54, 1.807) is 29.2 Å². The Morgan fingerprint density at radius 3 is 3.12 bits per heavy atom. The highest BCUT2D eigenvalue weighted by Crippen LogP contribution is 2.23. The van der Waals surface area contributed by atoms with E-state index in [1.807, 2.05) is 17.5 Å². The number of aromatic nitrogens is 2. The number of aldehydes is 1. The van der Waals surface area contributed by atoms with Crippen LogP contribution in [-0.2, 0) is 11.3 Å². The third kappa shape index (κ3) is 2.20. The van der Waals surface area contributed by atoms with E-state index in [2.05, 4.69) is 5.10 Å². The van der Waals surface area contributed by atoms with E-state index in [4.69, 9.17) is 4.74 Å². The van der Waals surface area contributed by atoms with Crippen molar-refractivity contribution < 1.29 is 9.53 Å².